The Kier molecular flexibility index (Phi) is 7.01. The molecule has 0 heterocycles. The van der Waals surface area contributed by atoms with Gasteiger partial charge in [-0.25, -0.2) is 4.39 Å². The normalized spacial score (nSPS) is 10.6. The van der Waals surface area contributed by atoms with Gasteiger partial charge >= 0.3 is 0 Å². The minimum Gasteiger partial charge on any atom is -0.490 e. The van der Waals surface area contributed by atoms with Gasteiger partial charge in [-0.2, -0.15) is 0 Å². The number of hydrogen-bond acceptors (Lipinski definition) is 3. The molecular formula is C22H20Cl2FNO2. The number of halogens is 3. The van der Waals surface area contributed by atoms with E-state index in [1.807, 2.05) is 31.2 Å². The van der Waals surface area contributed by atoms with E-state index >= 15 is 0 Å². The first-order chi connectivity index (χ1) is 13.5. The van der Waals surface area contributed by atoms with Gasteiger partial charge in [0.1, 0.15) is 12.4 Å². The molecule has 28 heavy (non-hydrogen) atoms. The summed E-state index contributed by atoms with van der Waals surface area (Å²) in [5.41, 5.74) is 2.79. The highest BCUT2D eigenvalue weighted by Crippen LogP contribution is 2.30. The fourth-order valence-electron chi connectivity index (χ4n) is 2.61. The minimum absolute atomic E-state index is 0.257. The molecule has 0 atom stereocenters. The highest BCUT2D eigenvalue weighted by molar-refractivity contribution is 6.42. The molecule has 0 aliphatic heterocycles. The number of rotatable bonds is 8. The molecule has 6 heteroatoms. The molecule has 146 valence electrons. The van der Waals surface area contributed by atoms with Crippen LogP contribution in [0.15, 0.2) is 60.7 Å². The topological polar surface area (TPSA) is 30.5 Å². The molecule has 0 spiro atoms. The lowest BCUT2D eigenvalue weighted by Gasteiger charge is -2.14. The Morgan fingerprint density at radius 3 is 2.29 bits per heavy atom. The Bertz CT molecular complexity index is 932. The lowest BCUT2D eigenvalue weighted by molar-refractivity contribution is 0.269. The third kappa shape index (κ3) is 5.54. The second-order valence-corrected chi connectivity index (χ2v) is 6.93. The number of nitrogens with one attached hydrogen (secondary N) is 1. The van der Waals surface area contributed by atoms with Crippen molar-refractivity contribution in [2.75, 3.05) is 11.9 Å². The molecule has 0 aliphatic carbocycles. The Morgan fingerprint density at radius 2 is 1.57 bits per heavy atom. The maximum absolute atomic E-state index is 13.0. The lowest BCUT2D eigenvalue weighted by Crippen LogP contribution is -2.03. The predicted molar refractivity (Wildman–Crippen MR) is 112 cm³/mol. The maximum Gasteiger partial charge on any atom is 0.161 e. The minimum atomic E-state index is -0.257. The van der Waals surface area contributed by atoms with Gasteiger partial charge < -0.3 is 14.8 Å². The van der Waals surface area contributed by atoms with Crippen molar-refractivity contribution in [2.24, 2.45) is 0 Å². The molecule has 0 amide bonds. The van der Waals surface area contributed by atoms with E-state index in [-0.39, 0.29) is 5.82 Å². The van der Waals surface area contributed by atoms with E-state index in [0.717, 1.165) is 16.8 Å². The molecule has 0 radical (unpaired) electrons. The van der Waals surface area contributed by atoms with Crippen molar-refractivity contribution in [3.05, 3.63) is 87.7 Å². The smallest absolute Gasteiger partial charge is 0.161 e. The van der Waals surface area contributed by atoms with Gasteiger partial charge in [-0.15, -0.1) is 0 Å². The fraction of sp³-hybridized carbons (Fsp3) is 0.182. The Labute approximate surface area is 174 Å². The van der Waals surface area contributed by atoms with E-state index < -0.39 is 0 Å². The number of anilines is 1. The number of benzene rings is 3. The van der Waals surface area contributed by atoms with E-state index in [4.69, 9.17) is 32.7 Å². The van der Waals surface area contributed by atoms with Crippen LogP contribution in [0.3, 0.4) is 0 Å². The highest BCUT2D eigenvalue weighted by Gasteiger charge is 2.08. The van der Waals surface area contributed by atoms with Crippen molar-refractivity contribution < 1.29 is 13.9 Å². The SMILES string of the molecule is CCOc1cc(CNc2ccc(F)cc2)ccc1OCc1ccc(Cl)c(Cl)c1. The zero-order valence-corrected chi connectivity index (χ0v) is 16.9. The molecule has 3 rings (SSSR count). The van der Waals surface area contributed by atoms with Crippen LogP contribution in [-0.2, 0) is 13.2 Å². The van der Waals surface area contributed by atoms with Crippen molar-refractivity contribution in [2.45, 2.75) is 20.1 Å². The molecule has 3 nitrogen and oxygen atoms in total. The summed E-state index contributed by atoms with van der Waals surface area (Å²) in [7, 11) is 0. The Morgan fingerprint density at radius 1 is 0.821 bits per heavy atom. The average Bonchev–Trinajstić information content (AvgIpc) is 2.69. The largest absolute Gasteiger partial charge is 0.490 e. The lowest BCUT2D eigenvalue weighted by atomic mass is 10.2. The standard InChI is InChI=1S/C22H20Cl2FNO2/c1-2-27-22-12-15(13-26-18-7-5-17(25)6-8-18)4-10-21(22)28-14-16-3-9-19(23)20(24)11-16/h3-12,26H,2,13-14H2,1H3. The third-order valence-corrected chi connectivity index (χ3v) is 4.77. The third-order valence-electron chi connectivity index (χ3n) is 4.03. The summed E-state index contributed by atoms with van der Waals surface area (Å²) in [5, 5.41) is 4.26. The van der Waals surface area contributed by atoms with Gasteiger partial charge in [-0.1, -0.05) is 35.3 Å². The van der Waals surface area contributed by atoms with Crippen molar-refractivity contribution in [1.29, 1.82) is 0 Å². The second-order valence-electron chi connectivity index (χ2n) is 6.11. The van der Waals surface area contributed by atoms with Crippen LogP contribution in [0.1, 0.15) is 18.1 Å². The van der Waals surface area contributed by atoms with Crippen molar-refractivity contribution in [3.63, 3.8) is 0 Å². The maximum atomic E-state index is 13.0. The van der Waals surface area contributed by atoms with Crippen molar-refractivity contribution in [3.8, 4) is 11.5 Å². The first-order valence-electron chi connectivity index (χ1n) is 8.87. The van der Waals surface area contributed by atoms with Crippen LogP contribution in [0, 0.1) is 5.82 Å². The molecule has 0 saturated heterocycles. The Balaban J connectivity index is 1.67. The molecule has 3 aromatic carbocycles. The van der Waals surface area contributed by atoms with Crippen LogP contribution in [-0.4, -0.2) is 6.61 Å². The average molecular weight is 420 g/mol. The summed E-state index contributed by atoms with van der Waals surface area (Å²) < 4.78 is 24.6. The van der Waals surface area contributed by atoms with Gasteiger partial charge in [-0.3, -0.25) is 0 Å². The van der Waals surface area contributed by atoms with E-state index in [0.29, 0.717) is 41.3 Å². The molecule has 0 saturated carbocycles. The Hall–Kier alpha value is -2.43. The van der Waals surface area contributed by atoms with Crippen LogP contribution in [0.2, 0.25) is 10.0 Å². The molecule has 3 aromatic rings. The van der Waals surface area contributed by atoms with Gasteiger partial charge in [0.2, 0.25) is 0 Å². The van der Waals surface area contributed by atoms with Crippen LogP contribution in [0.25, 0.3) is 0 Å². The fourth-order valence-corrected chi connectivity index (χ4v) is 2.93. The summed E-state index contributed by atoms with van der Waals surface area (Å²) in [6, 6.07) is 17.4. The first-order valence-corrected chi connectivity index (χ1v) is 9.62. The van der Waals surface area contributed by atoms with Crippen molar-refractivity contribution >= 4 is 28.9 Å². The number of ether oxygens (including phenoxy) is 2. The summed E-state index contributed by atoms with van der Waals surface area (Å²) in [6.07, 6.45) is 0. The van der Waals surface area contributed by atoms with E-state index in [9.17, 15) is 4.39 Å². The van der Waals surface area contributed by atoms with Gasteiger partial charge in [0.05, 0.1) is 16.7 Å². The molecular weight excluding hydrogens is 400 g/mol. The van der Waals surface area contributed by atoms with Crippen LogP contribution in [0.5, 0.6) is 11.5 Å². The summed E-state index contributed by atoms with van der Waals surface area (Å²) in [4.78, 5) is 0. The summed E-state index contributed by atoms with van der Waals surface area (Å²) >= 11 is 12.0. The van der Waals surface area contributed by atoms with Gasteiger partial charge in [0.15, 0.2) is 11.5 Å². The molecule has 0 aliphatic rings. The molecule has 0 fully saturated rings. The predicted octanol–water partition coefficient (Wildman–Crippen LogP) is 6.72. The van der Waals surface area contributed by atoms with Gasteiger partial charge in [-0.05, 0) is 66.6 Å². The number of hydrogen-bond donors (Lipinski definition) is 1. The van der Waals surface area contributed by atoms with Crippen LogP contribution < -0.4 is 14.8 Å². The van der Waals surface area contributed by atoms with E-state index in [1.165, 1.54) is 12.1 Å². The molecule has 1 N–H and O–H groups in total. The molecule has 0 unspecified atom stereocenters. The van der Waals surface area contributed by atoms with Gasteiger partial charge in [0, 0.05) is 12.2 Å². The van der Waals surface area contributed by atoms with E-state index in [2.05, 4.69) is 5.32 Å². The second kappa shape index (κ2) is 9.67. The van der Waals surface area contributed by atoms with E-state index in [1.54, 1.807) is 24.3 Å². The van der Waals surface area contributed by atoms with Crippen LogP contribution >= 0.6 is 23.2 Å². The monoisotopic (exact) mass is 419 g/mol. The van der Waals surface area contributed by atoms with Crippen LogP contribution in [0.4, 0.5) is 10.1 Å². The summed E-state index contributed by atoms with van der Waals surface area (Å²) in [5.74, 6) is 1.06. The first kappa shape index (κ1) is 20.3. The van der Waals surface area contributed by atoms with Crippen molar-refractivity contribution in [1.82, 2.24) is 0 Å². The zero-order valence-electron chi connectivity index (χ0n) is 15.3. The quantitative estimate of drug-likeness (QED) is 0.439. The summed E-state index contributed by atoms with van der Waals surface area (Å²) in [6.45, 7) is 3.38. The highest BCUT2D eigenvalue weighted by atomic mass is 35.5. The molecule has 0 bridgehead atoms. The zero-order chi connectivity index (χ0) is 19.9. The molecule has 0 aromatic heterocycles. The van der Waals surface area contributed by atoms with Gasteiger partial charge in [0.25, 0.3) is 0 Å².